The average Bonchev–Trinajstić information content (AvgIpc) is 3.18. The van der Waals surface area contributed by atoms with Crippen LogP contribution in [-0.2, 0) is 21.2 Å². The van der Waals surface area contributed by atoms with Crippen LogP contribution < -0.4 is 11.1 Å². The number of hydrogen-bond donors (Lipinski definition) is 2. The van der Waals surface area contributed by atoms with E-state index in [4.69, 9.17) is 5.73 Å². The SMILES string of the molecule is CCN(CC)S(=O)(=O)c1ccc(CCNC(=O)C2(N)CCCC2)s1. The zero-order chi connectivity index (χ0) is 17.8. The first-order valence-corrected chi connectivity index (χ1v) is 10.7. The fourth-order valence-corrected chi connectivity index (χ4v) is 6.00. The Balaban J connectivity index is 1.91. The molecule has 1 saturated carbocycles. The van der Waals surface area contributed by atoms with Crippen molar-refractivity contribution in [1.82, 2.24) is 9.62 Å². The van der Waals surface area contributed by atoms with Crippen molar-refractivity contribution in [3.63, 3.8) is 0 Å². The molecule has 1 aliphatic carbocycles. The monoisotopic (exact) mass is 373 g/mol. The van der Waals surface area contributed by atoms with Crippen molar-refractivity contribution in [3.8, 4) is 0 Å². The number of carbonyl (C=O) groups excluding carboxylic acids is 1. The van der Waals surface area contributed by atoms with Gasteiger partial charge in [-0.25, -0.2) is 8.42 Å². The van der Waals surface area contributed by atoms with E-state index in [2.05, 4.69) is 5.32 Å². The summed E-state index contributed by atoms with van der Waals surface area (Å²) in [6, 6.07) is 3.47. The minimum absolute atomic E-state index is 0.0902. The van der Waals surface area contributed by atoms with E-state index in [1.807, 2.05) is 19.9 Å². The molecular formula is C16H27N3O3S2. The summed E-state index contributed by atoms with van der Waals surface area (Å²) in [6.07, 6.45) is 4.09. The standard InChI is InChI=1S/C16H27N3O3S2/c1-3-19(4-2)24(21,22)14-8-7-13(23-14)9-12-18-15(20)16(17)10-5-6-11-16/h7-8H,3-6,9-12,17H2,1-2H3,(H,18,20). The lowest BCUT2D eigenvalue weighted by Crippen LogP contribution is -2.52. The van der Waals surface area contributed by atoms with E-state index >= 15 is 0 Å². The van der Waals surface area contributed by atoms with Gasteiger partial charge in [0.2, 0.25) is 5.91 Å². The van der Waals surface area contributed by atoms with Crippen LogP contribution in [-0.4, -0.2) is 43.8 Å². The van der Waals surface area contributed by atoms with Crippen molar-refractivity contribution >= 4 is 27.3 Å². The second kappa shape index (κ2) is 7.95. The molecule has 0 bridgehead atoms. The van der Waals surface area contributed by atoms with Crippen LogP contribution in [0.15, 0.2) is 16.3 Å². The highest BCUT2D eigenvalue weighted by Gasteiger charge is 2.36. The molecule has 0 saturated heterocycles. The topological polar surface area (TPSA) is 92.5 Å². The predicted molar refractivity (Wildman–Crippen MR) is 96.5 cm³/mol. The molecule has 0 aliphatic heterocycles. The van der Waals surface area contributed by atoms with E-state index < -0.39 is 15.6 Å². The molecule has 8 heteroatoms. The van der Waals surface area contributed by atoms with Crippen molar-refractivity contribution < 1.29 is 13.2 Å². The molecular weight excluding hydrogens is 346 g/mol. The summed E-state index contributed by atoms with van der Waals surface area (Å²) in [5, 5.41) is 2.89. The van der Waals surface area contributed by atoms with Crippen LogP contribution in [0.5, 0.6) is 0 Å². The fourth-order valence-electron chi connectivity index (χ4n) is 3.03. The van der Waals surface area contributed by atoms with E-state index in [-0.39, 0.29) is 5.91 Å². The van der Waals surface area contributed by atoms with Crippen LogP contribution in [0.25, 0.3) is 0 Å². The fraction of sp³-hybridized carbons (Fsp3) is 0.688. The Labute approximate surface area is 148 Å². The van der Waals surface area contributed by atoms with Crippen LogP contribution in [0.1, 0.15) is 44.4 Å². The average molecular weight is 374 g/mol. The Morgan fingerprint density at radius 3 is 2.50 bits per heavy atom. The Morgan fingerprint density at radius 2 is 1.92 bits per heavy atom. The third kappa shape index (κ3) is 4.17. The number of carbonyl (C=O) groups is 1. The largest absolute Gasteiger partial charge is 0.354 e. The summed E-state index contributed by atoms with van der Waals surface area (Å²) in [4.78, 5) is 13.1. The summed E-state index contributed by atoms with van der Waals surface area (Å²) < 4.78 is 26.7. The first-order chi connectivity index (χ1) is 11.3. The molecule has 1 aromatic rings. The number of thiophene rings is 1. The van der Waals surface area contributed by atoms with E-state index in [1.54, 1.807) is 6.07 Å². The maximum atomic E-state index is 12.5. The molecule has 24 heavy (non-hydrogen) atoms. The lowest BCUT2D eigenvalue weighted by molar-refractivity contribution is -0.126. The van der Waals surface area contributed by atoms with Gasteiger partial charge >= 0.3 is 0 Å². The van der Waals surface area contributed by atoms with Gasteiger partial charge in [-0.05, 0) is 31.4 Å². The molecule has 1 aromatic heterocycles. The summed E-state index contributed by atoms with van der Waals surface area (Å²) in [5.74, 6) is -0.0902. The van der Waals surface area contributed by atoms with Gasteiger partial charge in [-0.15, -0.1) is 11.3 Å². The van der Waals surface area contributed by atoms with E-state index in [1.165, 1.54) is 15.6 Å². The zero-order valence-corrected chi connectivity index (χ0v) is 16.0. The van der Waals surface area contributed by atoms with Crippen LogP contribution >= 0.6 is 11.3 Å². The highest BCUT2D eigenvalue weighted by molar-refractivity contribution is 7.91. The zero-order valence-electron chi connectivity index (χ0n) is 14.4. The molecule has 1 amide bonds. The van der Waals surface area contributed by atoms with E-state index in [0.717, 1.165) is 30.6 Å². The van der Waals surface area contributed by atoms with Crippen molar-refractivity contribution in [2.45, 2.75) is 55.7 Å². The maximum absolute atomic E-state index is 12.5. The highest BCUT2D eigenvalue weighted by atomic mass is 32.2. The van der Waals surface area contributed by atoms with Gasteiger partial charge in [0.15, 0.2) is 0 Å². The maximum Gasteiger partial charge on any atom is 0.252 e. The summed E-state index contributed by atoms with van der Waals surface area (Å²) >= 11 is 1.27. The molecule has 0 unspecified atom stereocenters. The minimum atomic E-state index is -3.40. The van der Waals surface area contributed by atoms with Crippen molar-refractivity contribution in [3.05, 3.63) is 17.0 Å². The van der Waals surface area contributed by atoms with Gasteiger partial charge in [-0.1, -0.05) is 26.7 Å². The third-order valence-electron chi connectivity index (χ3n) is 4.54. The molecule has 1 aliphatic rings. The van der Waals surface area contributed by atoms with Crippen LogP contribution in [0.2, 0.25) is 0 Å². The van der Waals surface area contributed by atoms with Gasteiger partial charge in [0.1, 0.15) is 4.21 Å². The van der Waals surface area contributed by atoms with Crippen LogP contribution in [0.3, 0.4) is 0 Å². The third-order valence-corrected chi connectivity index (χ3v) is 8.20. The molecule has 136 valence electrons. The number of rotatable bonds is 8. The van der Waals surface area contributed by atoms with E-state index in [0.29, 0.717) is 30.3 Å². The van der Waals surface area contributed by atoms with Crippen molar-refractivity contribution in [1.29, 1.82) is 0 Å². The van der Waals surface area contributed by atoms with Gasteiger partial charge in [-0.3, -0.25) is 4.79 Å². The van der Waals surface area contributed by atoms with Gasteiger partial charge in [0.25, 0.3) is 10.0 Å². The molecule has 3 N–H and O–H groups in total. The molecule has 0 atom stereocenters. The molecule has 0 aromatic carbocycles. The normalized spacial score (nSPS) is 17.3. The predicted octanol–water partition coefficient (Wildman–Crippen LogP) is 1.71. The van der Waals surface area contributed by atoms with Crippen LogP contribution in [0.4, 0.5) is 0 Å². The number of nitrogens with zero attached hydrogens (tertiary/aromatic N) is 1. The van der Waals surface area contributed by atoms with Crippen molar-refractivity contribution in [2.24, 2.45) is 5.73 Å². The first-order valence-electron chi connectivity index (χ1n) is 8.49. The smallest absolute Gasteiger partial charge is 0.252 e. The Kier molecular flexibility index (Phi) is 6.41. The van der Waals surface area contributed by atoms with E-state index in [9.17, 15) is 13.2 Å². The lowest BCUT2D eigenvalue weighted by atomic mass is 9.98. The lowest BCUT2D eigenvalue weighted by Gasteiger charge is -2.22. The van der Waals surface area contributed by atoms with Crippen molar-refractivity contribution in [2.75, 3.05) is 19.6 Å². The second-order valence-electron chi connectivity index (χ2n) is 6.18. The second-order valence-corrected chi connectivity index (χ2v) is 9.51. The van der Waals surface area contributed by atoms with Gasteiger partial charge < -0.3 is 11.1 Å². The summed E-state index contributed by atoms with van der Waals surface area (Å²) in [7, 11) is -3.40. The number of hydrogen-bond acceptors (Lipinski definition) is 5. The quantitative estimate of drug-likeness (QED) is 0.725. The summed E-state index contributed by atoms with van der Waals surface area (Å²) in [6.45, 7) is 5.05. The molecule has 0 spiro atoms. The van der Waals surface area contributed by atoms with Gasteiger partial charge in [0.05, 0.1) is 5.54 Å². The first kappa shape index (κ1) is 19.4. The molecule has 1 fully saturated rings. The Hall–Kier alpha value is -0.960. The minimum Gasteiger partial charge on any atom is -0.354 e. The van der Waals surface area contributed by atoms with Gasteiger partial charge in [0, 0.05) is 24.5 Å². The number of amides is 1. The highest BCUT2D eigenvalue weighted by Crippen LogP contribution is 2.27. The number of nitrogens with one attached hydrogen (secondary N) is 1. The van der Waals surface area contributed by atoms with Gasteiger partial charge in [-0.2, -0.15) is 4.31 Å². The summed E-state index contributed by atoms with van der Waals surface area (Å²) in [5.41, 5.74) is 5.40. The number of sulfonamides is 1. The van der Waals surface area contributed by atoms with Crippen LogP contribution in [0, 0.1) is 0 Å². The Morgan fingerprint density at radius 1 is 1.29 bits per heavy atom. The molecule has 1 heterocycles. The molecule has 6 nitrogen and oxygen atoms in total. The molecule has 0 radical (unpaired) electrons. The number of nitrogens with two attached hydrogens (primary N) is 1. The Bertz CT molecular complexity index is 660. The molecule has 2 rings (SSSR count).